The fraction of sp³-hybridized carbons (Fsp3) is 0.786. The maximum absolute atomic E-state index is 13.3. The van der Waals surface area contributed by atoms with Crippen molar-refractivity contribution in [3.63, 3.8) is 0 Å². The van der Waals surface area contributed by atoms with Gasteiger partial charge in [-0.2, -0.15) is 0 Å². The number of carbonyl (C=O) groups excluding carboxylic acids is 5. The molecule has 0 radical (unpaired) electrons. The number of rotatable bonds is 26. The lowest BCUT2D eigenvalue weighted by Gasteiger charge is -2.33. The van der Waals surface area contributed by atoms with Crippen LogP contribution in [0.5, 0.6) is 0 Å². The van der Waals surface area contributed by atoms with E-state index in [1.54, 1.807) is 14.7 Å². The van der Waals surface area contributed by atoms with E-state index >= 15 is 0 Å². The summed E-state index contributed by atoms with van der Waals surface area (Å²) in [6.07, 6.45) is 5.90. The summed E-state index contributed by atoms with van der Waals surface area (Å²) >= 11 is 0. The Kier molecular flexibility index (Phi) is 47.8. The Labute approximate surface area is 379 Å². The quantitative estimate of drug-likeness (QED) is 0.0401. The van der Waals surface area contributed by atoms with Crippen LogP contribution in [0.25, 0.3) is 0 Å². The lowest BCUT2D eigenvalue weighted by atomic mass is 10.1. The van der Waals surface area contributed by atoms with Crippen LogP contribution >= 0.6 is 0 Å². The summed E-state index contributed by atoms with van der Waals surface area (Å²) in [6, 6.07) is -0.678. The van der Waals surface area contributed by atoms with Crippen molar-refractivity contribution in [2.75, 3.05) is 105 Å². The Bertz CT molecular complexity index is 1280. The van der Waals surface area contributed by atoms with Crippen molar-refractivity contribution in [3.05, 3.63) is 0 Å². The Morgan fingerprint density at radius 3 is 1.42 bits per heavy atom. The van der Waals surface area contributed by atoms with Crippen LogP contribution in [-0.2, 0) is 43.2 Å². The molecule has 1 aliphatic rings. The Morgan fingerprint density at radius 1 is 0.578 bits per heavy atom. The molecular weight excluding hydrogens is 841 g/mol. The summed E-state index contributed by atoms with van der Waals surface area (Å²) in [6.45, 7) is 14.7. The van der Waals surface area contributed by atoms with E-state index < -0.39 is 41.7 Å². The van der Waals surface area contributed by atoms with Gasteiger partial charge in [-0.1, -0.05) is 48.0 Å². The molecule has 1 unspecified atom stereocenters. The molecule has 374 valence electrons. The number of hydrogen-bond donors (Lipinski definition) is 9. The minimum atomic E-state index is -1.09. The second-order valence-electron chi connectivity index (χ2n) is 14.4. The van der Waals surface area contributed by atoms with Crippen molar-refractivity contribution >= 4 is 54.2 Å². The topological polar surface area (TPSA) is 316 Å². The second kappa shape index (κ2) is 46.4. The van der Waals surface area contributed by atoms with Crippen LogP contribution in [-0.4, -0.2) is 217 Å². The van der Waals surface area contributed by atoms with Gasteiger partial charge in [0, 0.05) is 91.3 Å². The number of carboxylic acid groups (broad SMARTS) is 4. The Morgan fingerprint density at radius 2 is 1.03 bits per heavy atom. The number of carbonyl (C=O) groups is 9. The highest BCUT2D eigenvalue weighted by Gasteiger charge is 2.24. The summed E-state index contributed by atoms with van der Waals surface area (Å²) in [4.78, 5) is 110. The van der Waals surface area contributed by atoms with Crippen LogP contribution in [0, 0.1) is 0 Å². The van der Waals surface area contributed by atoms with E-state index in [-0.39, 0.29) is 84.1 Å². The molecule has 22 heteroatoms. The standard InChI is InChI=1S/C32H58N8O10.C4H8O2.C3H6O.C2H6.CH4O/c1-25(2)33-9-4-3-5-10-34-27(42)21-35-32(50)26(7-6-8-29(44)45)36-28(43)22-38-13-11-37(19-20-41)12-14-39(23-30(46)47)17-18-40(16-15-38)24-31(48)49;1-2-3-4(5)6;1-2-3-4;2*1-2/h20,25-26,33H,3-19,21-24H2,1-2H3,(H,34,42)(H,35,50)(H,36,43)(H,44,45)(H,46,47)(H,48,49);2-3H2,1H3,(H,5,6);3H,2H2,1H3;1-2H3;2H,1H3. The number of nitrogens with zero attached hydrogens (tertiary/aromatic N) is 4. The number of unbranched alkanes of at least 4 members (excludes halogenated alkanes) is 2. The highest BCUT2D eigenvalue weighted by atomic mass is 16.4. The molecule has 3 amide bonds. The lowest BCUT2D eigenvalue weighted by molar-refractivity contribution is -0.140. The van der Waals surface area contributed by atoms with E-state index in [4.69, 9.17) is 15.3 Å². The third kappa shape index (κ3) is 45.4. The summed E-state index contributed by atoms with van der Waals surface area (Å²) < 4.78 is 0. The molecular formula is C42H82N8O14. The summed E-state index contributed by atoms with van der Waals surface area (Å²) in [5.41, 5.74) is 0. The number of hydrogen-bond acceptors (Lipinski definition) is 15. The maximum atomic E-state index is 13.3. The minimum Gasteiger partial charge on any atom is -0.481 e. The summed E-state index contributed by atoms with van der Waals surface area (Å²) in [7, 11) is 1.00. The molecule has 0 spiro atoms. The van der Waals surface area contributed by atoms with Crippen molar-refractivity contribution < 1.29 is 68.7 Å². The van der Waals surface area contributed by atoms with Gasteiger partial charge in [-0.25, -0.2) is 0 Å². The molecule has 0 aromatic heterocycles. The number of nitrogens with one attached hydrogen (secondary N) is 4. The van der Waals surface area contributed by atoms with E-state index in [9.17, 15) is 53.4 Å². The fourth-order valence-corrected chi connectivity index (χ4v) is 5.51. The zero-order valence-electron chi connectivity index (χ0n) is 39.5. The van der Waals surface area contributed by atoms with Gasteiger partial charge in [-0.15, -0.1) is 0 Å². The van der Waals surface area contributed by atoms with Gasteiger partial charge < -0.3 is 56.4 Å². The van der Waals surface area contributed by atoms with Crippen LogP contribution in [0.3, 0.4) is 0 Å². The van der Waals surface area contributed by atoms with Crippen molar-refractivity contribution in [3.8, 4) is 0 Å². The maximum Gasteiger partial charge on any atom is 0.317 e. The summed E-state index contributed by atoms with van der Waals surface area (Å²) in [5.74, 6) is -5.36. The van der Waals surface area contributed by atoms with Crippen molar-refractivity contribution in [2.24, 2.45) is 0 Å². The van der Waals surface area contributed by atoms with Gasteiger partial charge in [0.25, 0.3) is 0 Å². The second-order valence-corrected chi connectivity index (χ2v) is 14.4. The van der Waals surface area contributed by atoms with Crippen LogP contribution in [0.2, 0.25) is 0 Å². The average molecular weight is 923 g/mol. The summed E-state index contributed by atoms with van der Waals surface area (Å²) in [5, 5.41) is 54.0. The van der Waals surface area contributed by atoms with Gasteiger partial charge in [0.2, 0.25) is 17.7 Å². The van der Waals surface area contributed by atoms with E-state index in [1.165, 1.54) is 0 Å². The molecule has 0 aromatic rings. The van der Waals surface area contributed by atoms with E-state index in [2.05, 4.69) is 35.1 Å². The molecule has 1 saturated heterocycles. The van der Waals surface area contributed by atoms with Crippen molar-refractivity contribution in [1.29, 1.82) is 0 Å². The fourth-order valence-electron chi connectivity index (χ4n) is 5.51. The number of amides is 3. The number of aldehydes is 2. The molecule has 1 aliphatic heterocycles. The molecule has 22 nitrogen and oxygen atoms in total. The molecule has 0 aromatic carbocycles. The van der Waals surface area contributed by atoms with E-state index in [1.807, 2.05) is 32.6 Å². The smallest absolute Gasteiger partial charge is 0.317 e. The number of carboxylic acids is 4. The number of aliphatic hydroxyl groups excluding tert-OH is 1. The molecule has 1 heterocycles. The molecule has 1 fully saturated rings. The van der Waals surface area contributed by atoms with Crippen molar-refractivity contribution in [2.45, 2.75) is 111 Å². The molecule has 1 rings (SSSR count). The van der Waals surface area contributed by atoms with Gasteiger partial charge >= 0.3 is 23.9 Å². The first kappa shape index (κ1) is 66.0. The predicted molar refractivity (Wildman–Crippen MR) is 242 cm³/mol. The third-order valence-corrected chi connectivity index (χ3v) is 8.66. The Hall–Kier alpha value is -4.61. The van der Waals surface area contributed by atoms with E-state index in [0.717, 1.165) is 51.9 Å². The lowest BCUT2D eigenvalue weighted by Crippen LogP contribution is -2.52. The van der Waals surface area contributed by atoms with Gasteiger partial charge in [0.15, 0.2) is 0 Å². The third-order valence-electron chi connectivity index (χ3n) is 8.66. The van der Waals surface area contributed by atoms with Crippen LogP contribution in [0.1, 0.15) is 99.3 Å². The normalized spacial score (nSPS) is 14.2. The first-order valence-corrected chi connectivity index (χ1v) is 22.1. The molecule has 1 atom stereocenters. The van der Waals surface area contributed by atoms with Gasteiger partial charge in [0.1, 0.15) is 18.6 Å². The van der Waals surface area contributed by atoms with E-state index in [0.29, 0.717) is 51.6 Å². The van der Waals surface area contributed by atoms with Gasteiger partial charge in [0.05, 0.1) is 32.7 Å². The minimum absolute atomic E-state index is 0.0300. The first-order valence-electron chi connectivity index (χ1n) is 22.1. The zero-order chi connectivity index (χ0) is 49.7. The molecule has 0 saturated carbocycles. The average Bonchev–Trinajstić information content (AvgIpc) is 3.24. The molecule has 9 N–H and O–H groups in total. The molecule has 0 bridgehead atoms. The van der Waals surface area contributed by atoms with Gasteiger partial charge in [-0.3, -0.25) is 53.2 Å². The SMILES string of the molecule is CC.CC(C)NCCCCCNC(=O)CNC(=O)C(CCCC(=O)O)NC(=O)CN1CCN(CC=O)CCN(CC(=O)O)CCN(CC(=O)O)CC1.CCC=O.CCCC(=O)O.CO. The van der Waals surface area contributed by atoms with Crippen LogP contribution in [0.15, 0.2) is 0 Å². The molecule has 64 heavy (non-hydrogen) atoms. The van der Waals surface area contributed by atoms with Gasteiger partial charge in [-0.05, 0) is 38.6 Å². The van der Waals surface area contributed by atoms with Crippen LogP contribution < -0.4 is 21.3 Å². The largest absolute Gasteiger partial charge is 0.481 e. The zero-order valence-corrected chi connectivity index (χ0v) is 39.5. The Balaban J connectivity index is -0.00000112. The highest BCUT2D eigenvalue weighted by Crippen LogP contribution is 2.05. The highest BCUT2D eigenvalue weighted by molar-refractivity contribution is 5.91. The molecule has 0 aliphatic carbocycles. The first-order chi connectivity index (χ1) is 30.5. The van der Waals surface area contributed by atoms with Crippen molar-refractivity contribution in [1.82, 2.24) is 40.9 Å². The predicted octanol–water partition coefficient (Wildman–Crippen LogP) is -0.182. The number of aliphatic hydroxyl groups is 1. The monoisotopic (exact) mass is 923 g/mol. The number of aliphatic carboxylic acids is 4. The van der Waals surface area contributed by atoms with Crippen LogP contribution in [0.4, 0.5) is 0 Å².